The van der Waals surface area contributed by atoms with Gasteiger partial charge in [-0.05, 0) is 31.2 Å². The molecule has 1 aromatic carbocycles. The summed E-state index contributed by atoms with van der Waals surface area (Å²) in [4.78, 5) is 11.4. The van der Waals surface area contributed by atoms with Gasteiger partial charge in [0.1, 0.15) is 0 Å². The summed E-state index contributed by atoms with van der Waals surface area (Å²) in [6, 6.07) is 10.3. The smallest absolute Gasteiger partial charge is 0.309 e. The number of ether oxygens (including phenoxy) is 1. The predicted octanol–water partition coefficient (Wildman–Crippen LogP) is 2.43. The third-order valence-corrected chi connectivity index (χ3v) is 2.85. The fourth-order valence-corrected chi connectivity index (χ4v) is 1.93. The first-order valence-electron chi connectivity index (χ1n) is 5.52. The Bertz CT molecular complexity index is 332. The molecule has 1 aliphatic rings. The minimum Gasteiger partial charge on any atom is -0.466 e. The van der Waals surface area contributed by atoms with Crippen molar-refractivity contribution in [1.29, 1.82) is 0 Å². The number of rotatable bonds is 4. The van der Waals surface area contributed by atoms with Gasteiger partial charge in [-0.1, -0.05) is 30.3 Å². The molecule has 1 fully saturated rings. The van der Waals surface area contributed by atoms with E-state index in [1.807, 2.05) is 25.1 Å². The molecule has 0 aliphatic heterocycles. The van der Waals surface area contributed by atoms with Gasteiger partial charge in [-0.25, -0.2) is 0 Å². The van der Waals surface area contributed by atoms with Crippen molar-refractivity contribution in [2.75, 3.05) is 6.61 Å². The van der Waals surface area contributed by atoms with Crippen molar-refractivity contribution in [3.63, 3.8) is 0 Å². The van der Waals surface area contributed by atoms with Gasteiger partial charge in [0.2, 0.25) is 0 Å². The summed E-state index contributed by atoms with van der Waals surface area (Å²) in [7, 11) is 0. The second-order valence-electron chi connectivity index (χ2n) is 4.04. The van der Waals surface area contributed by atoms with Crippen molar-refractivity contribution in [3.8, 4) is 0 Å². The van der Waals surface area contributed by atoms with Gasteiger partial charge in [0.15, 0.2) is 0 Å². The molecule has 0 aromatic heterocycles. The highest BCUT2D eigenvalue weighted by molar-refractivity contribution is 5.75. The van der Waals surface area contributed by atoms with Gasteiger partial charge in [0, 0.05) is 0 Å². The van der Waals surface area contributed by atoms with Crippen LogP contribution in [0.1, 0.15) is 18.9 Å². The fourth-order valence-electron chi connectivity index (χ4n) is 1.93. The second-order valence-corrected chi connectivity index (χ2v) is 4.04. The van der Waals surface area contributed by atoms with Crippen LogP contribution in [0, 0.1) is 11.8 Å². The van der Waals surface area contributed by atoms with Crippen LogP contribution in [0.5, 0.6) is 0 Å². The van der Waals surface area contributed by atoms with E-state index in [0.29, 0.717) is 12.5 Å². The van der Waals surface area contributed by atoms with Crippen molar-refractivity contribution in [3.05, 3.63) is 35.9 Å². The van der Waals surface area contributed by atoms with E-state index in [1.165, 1.54) is 5.56 Å². The SMILES string of the molecule is CCOC(=O)C1C[C@H]1Cc1ccccc1. The number of esters is 1. The average molecular weight is 204 g/mol. The number of benzene rings is 1. The van der Waals surface area contributed by atoms with Crippen LogP contribution >= 0.6 is 0 Å². The first-order chi connectivity index (χ1) is 7.31. The molecule has 80 valence electrons. The molecule has 0 saturated heterocycles. The first kappa shape index (κ1) is 10.2. The fraction of sp³-hybridized carbons (Fsp3) is 0.462. The zero-order valence-electron chi connectivity index (χ0n) is 8.98. The molecule has 0 bridgehead atoms. The van der Waals surface area contributed by atoms with Crippen molar-refractivity contribution in [2.24, 2.45) is 11.8 Å². The van der Waals surface area contributed by atoms with E-state index in [-0.39, 0.29) is 11.9 Å². The van der Waals surface area contributed by atoms with Crippen LogP contribution in [-0.2, 0) is 16.0 Å². The Hall–Kier alpha value is -1.31. The summed E-state index contributed by atoms with van der Waals surface area (Å²) in [6.45, 7) is 2.35. The van der Waals surface area contributed by atoms with E-state index in [2.05, 4.69) is 12.1 Å². The average Bonchev–Trinajstić information content (AvgIpc) is 2.99. The second kappa shape index (κ2) is 4.47. The molecule has 2 rings (SSSR count). The molecule has 0 amide bonds. The standard InChI is InChI=1S/C13H16O2/c1-2-15-13(14)12-9-11(12)8-10-6-4-3-5-7-10/h3-7,11-12H,2,8-9H2,1H3/t11-,12?/m1/s1. The van der Waals surface area contributed by atoms with E-state index < -0.39 is 0 Å². The number of carbonyl (C=O) groups is 1. The van der Waals surface area contributed by atoms with Crippen molar-refractivity contribution in [1.82, 2.24) is 0 Å². The summed E-state index contributed by atoms with van der Waals surface area (Å²) in [6.07, 6.45) is 2.00. The minimum absolute atomic E-state index is 0.0153. The molecule has 1 unspecified atom stereocenters. The number of hydrogen-bond acceptors (Lipinski definition) is 2. The predicted molar refractivity (Wildman–Crippen MR) is 58.4 cm³/mol. The Balaban J connectivity index is 1.83. The van der Waals surface area contributed by atoms with Crippen LogP contribution in [-0.4, -0.2) is 12.6 Å². The van der Waals surface area contributed by atoms with Crippen LogP contribution in [0.4, 0.5) is 0 Å². The summed E-state index contributed by atoms with van der Waals surface area (Å²) in [5.41, 5.74) is 1.31. The van der Waals surface area contributed by atoms with Crippen molar-refractivity contribution in [2.45, 2.75) is 19.8 Å². The lowest BCUT2D eigenvalue weighted by atomic mass is 10.1. The van der Waals surface area contributed by atoms with Crippen molar-refractivity contribution >= 4 is 5.97 Å². The molecule has 0 spiro atoms. The molecular weight excluding hydrogens is 188 g/mol. The van der Waals surface area contributed by atoms with E-state index in [1.54, 1.807) is 0 Å². The van der Waals surface area contributed by atoms with Gasteiger partial charge in [-0.15, -0.1) is 0 Å². The minimum atomic E-state index is -0.0153. The molecule has 2 nitrogen and oxygen atoms in total. The molecule has 0 N–H and O–H groups in total. The summed E-state index contributed by atoms with van der Waals surface area (Å²) in [5, 5.41) is 0. The largest absolute Gasteiger partial charge is 0.466 e. The van der Waals surface area contributed by atoms with E-state index in [0.717, 1.165) is 12.8 Å². The molecule has 15 heavy (non-hydrogen) atoms. The van der Waals surface area contributed by atoms with Crippen LogP contribution in [0.15, 0.2) is 30.3 Å². The maximum atomic E-state index is 11.4. The van der Waals surface area contributed by atoms with Crippen molar-refractivity contribution < 1.29 is 9.53 Å². The van der Waals surface area contributed by atoms with E-state index >= 15 is 0 Å². The quantitative estimate of drug-likeness (QED) is 0.704. The lowest BCUT2D eigenvalue weighted by Gasteiger charge is -2.01. The Morgan fingerprint density at radius 2 is 2.13 bits per heavy atom. The van der Waals surface area contributed by atoms with Crippen LogP contribution in [0.2, 0.25) is 0 Å². The Labute approximate surface area is 90.3 Å². The highest BCUT2D eigenvalue weighted by atomic mass is 16.5. The molecule has 1 saturated carbocycles. The maximum Gasteiger partial charge on any atom is 0.309 e. The molecular formula is C13H16O2. The molecule has 0 radical (unpaired) electrons. The highest BCUT2D eigenvalue weighted by Crippen LogP contribution is 2.41. The lowest BCUT2D eigenvalue weighted by molar-refractivity contribution is -0.145. The third kappa shape index (κ3) is 2.58. The molecule has 1 aromatic rings. The van der Waals surface area contributed by atoms with E-state index in [9.17, 15) is 4.79 Å². The molecule has 2 atom stereocenters. The topological polar surface area (TPSA) is 26.3 Å². The zero-order valence-corrected chi connectivity index (χ0v) is 8.98. The summed E-state index contributed by atoms with van der Waals surface area (Å²) in [5.74, 6) is 0.648. The number of carbonyl (C=O) groups excluding carboxylic acids is 1. The highest BCUT2D eigenvalue weighted by Gasteiger charge is 2.43. The molecule has 1 aliphatic carbocycles. The maximum absolute atomic E-state index is 11.4. The Kier molecular flexibility index (Phi) is 3.05. The van der Waals surface area contributed by atoms with Crippen LogP contribution in [0.25, 0.3) is 0 Å². The van der Waals surface area contributed by atoms with Gasteiger partial charge < -0.3 is 4.74 Å². The van der Waals surface area contributed by atoms with Gasteiger partial charge >= 0.3 is 5.97 Å². The third-order valence-electron chi connectivity index (χ3n) is 2.85. The molecule has 0 heterocycles. The van der Waals surface area contributed by atoms with Gasteiger partial charge in [0.05, 0.1) is 12.5 Å². The van der Waals surface area contributed by atoms with Crippen LogP contribution in [0.3, 0.4) is 0 Å². The van der Waals surface area contributed by atoms with Crippen LogP contribution < -0.4 is 0 Å². The van der Waals surface area contributed by atoms with Gasteiger partial charge in [-0.2, -0.15) is 0 Å². The van der Waals surface area contributed by atoms with Gasteiger partial charge in [-0.3, -0.25) is 4.79 Å². The normalized spacial score (nSPS) is 23.5. The molecule has 2 heteroatoms. The van der Waals surface area contributed by atoms with E-state index in [4.69, 9.17) is 4.74 Å². The Morgan fingerprint density at radius 1 is 1.40 bits per heavy atom. The summed E-state index contributed by atoms with van der Waals surface area (Å²) >= 11 is 0. The number of hydrogen-bond donors (Lipinski definition) is 0. The van der Waals surface area contributed by atoms with Gasteiger partial charge in [0.25, 0.3) is 0 Å². The zero-order chi connectivity index (χ0) is 10.7. The summed E-state index contributed by atoms with van der Waals surface area (Å²) < 4.78 is 4.99. The lowest BCUT2D eigenvalue weighted by Crippen LogP contribution is -2.08. The Morgan fingerprint density at radius 3 is 2.80 bits per heavy atom. The first-order valence-corrected chi connectivity index (χ1v) is 5.52. The monoisotopic (exact) mass is 204 g/mol.